The fourth-order valence-corrected chi connectivity index (χ4v) is 4.22. The Morgan fingerprint density at radius 3 is 2.44 bits per heavy atom. The van der Waals surface area contributed by atoms with Gasteiger partial charge in [-0.2, -0.15) is 13.2 Å². The van der Waals surface area contributed by atoms with Gasteiger partial charge in [0.25, 0.3) is 0 Å². The zero-order chi connectivity index (χ0) is 19.8. The average Bonchev–Trinajstić information content (AvgIpc) is 2.58. The third kappa shape index (κ3) is 4.57. The van der Waals surface area contributed by atoms with Crippen molar-refractivity contribution in [3.63, 3.8) is 0 Å². The van der Waals surface area contributed by atoms with E-state index in [4.69, 9.17) is 4.74 Å². The number of halogens is 3. The van der Waals surface area contributed by atoms with E-state index < -0.39 is 17.3 Å². The predicted molar refractivity (Wildman–Crippen MR) is 94.4 cm³/mol. The average molecular weight is 385 g/mol. The van der Waals surface area contributed by atoms with Gasteiger partial charge < -0.3 is 14.7 Å². The molecule has 1 aromatic carbocycles. The minimum Gasteiger partial charge on any atom is -0.496 e. The Morgan fingerprint density at radius 1 is 1.30 bits per heavy atom. The number of amides is 1. The van der Waals surface area contributed by atoms with Crippen molar-refractivity contribution in [1.82, 2.24) is 4.90 Å². The number of nitrogens with zero attached hydrogens (tertiary/aromatic N) is 1. The lowest BCUT2D eigenvalue weighted by atomic mass is 9.71. The molecule has 1 aliphatic heterocycles. The van der Waals surface area contributed by atoms with Gasteiger partial charge >= 0.3 is 6.18 Å². The maximum Gasteiger partial charge on any atom is 0.419 e. The number of hydrogen-bond donors (Lipinski definition) is 1. The molecular formula is C20H26F3NO3. The first-order valence-corrected chi connectivity index (χ1v) is 9.34. The van der Waals surface area contributed by atoms with Gasteiger partial charge in [-0.25, -0.2) is 0 Å². The van der Waals surface area contributed by atoms with Crippen LogP contribution in [-0.4, -0.2) is 41.7 Å². The van der Waals surface area contributed by atoms with Crippen molar-refractivity contribution < 1.29 is 27.8 Å². The van der Waals surface area contributed by atoms with Crippen molar-refractivity contribution in [2.75, 3.05) is 20.2 Å². The molecule has 1 amide bonds. The molecule has 0 unspecified atom stereocenters. The van der Waals surface area contributed by atoms with E-state index in [0.717, 1.165) is 24.5 Å². The van der Waals surface area contributed by atoms with Crippen LogP contribution in [-0.2, 0) is 17.4 Å². The van der Waals surface area contributed by atoms with Gasteiger partial charge in [0.1, 0.15) is 5.75 Å². The van der Waals surface area contributed by atoms with Crippen LogP contribution in [0.1, 0.15) is 43.7 Å². The van der Waals surface area contributed by atoms with Crippen molar-refractivity contribution in [1.29, 1.82) is 0 Å². The second-order valence-corrected chi connectivity index (χ2v) is 8.11. The lowest BCUT2D eigenvalue weighted by Crippen LogP contribution is -2.51. The molecule has 1 saturated carbocycles. The molecule has 4 nitrogen and oxygen atoms in total. The molecule has 1 aromatic rings. The normalized spacial score (nSPS) is 26.6. The van der Waals surface area contributed by atoms with Gasteiger partial charge in [-0.1, -0.05) is 6.07 Å². The number of ether oxygens (including phenoxy) is 1. The lowest BCUT2D eigenvalue weighted by molar-refractivity contribution is -0.151. The van der Waals surface area contributed by atoms with Gasteiger partial charge in [0.2, 0.25) is 5.91 Å². The van der Waals surface area contributed by atoms with Crippen LogP contribution in [0, 0.1) is 11.8 Å². The third-order valence-electron chi connectivity index (χ3n) is 5.74. The van der Waals surface area contributed by atoms with Gasteiger partial charge in [0.15, 0.2) is 0 Å². The summed E-state index contributed by atoms with van der Waals surface area (Å²) in [4.78, 5) is 14.3. The number of carbonyl (C=O) groups is 1. The Hall–Kier alpha value is -1.76. The molecule has 150 valence electrons. The summed E-state index contributed by atoms with van der Waals surface area (Å²) >= 11 is 0. The highest BCUT2D eigenvalue weighted by atomic mass is 19.4. The molecule has 1 aliphatic carbocycles. The highest BCUT2D eigenvalue weighted by Gasteiger charge is 2.44. The predicted octanol–water partition coefficient (Wildman–Crippen LogP) is 3.66. The Bertz CT molecular complexity index is 686. The Balaban J connectivity index is 1.54. The maximum absolute atomic E-state index is 13.0. The number of likely N-dealkylation sites (tertiary alicyclic amines) is 1. The summed E-state index contributed by atoms with van der Waals surface area (Å²) < 4.78 is 43.8. The summed E-state index contributed by atoms with van der Waals surface area (Å²) in [7, 11) is 1.25. The van der Waals surface area contributed by atoms with Crippen molar-refractivity contribution in [2.45, 2.75) is 50.8 Å². The van der Waals surface area contributed by atoms with Crippen LogP contribution in [0.3, 0.4) is 0 Å². The highest BCUT2D eigenvalue weighted by Crippen LogP contribution is 2.39. The van der Waals surface area contributed by atoms with E-state index in [1.54, 1.807) is 6.92 Å². The molecule has 7 heteroatoms. The van der Waals surface area contributed by atoms with Crippen LogP contribution >= 0.6 is 0 Å². The third-order valence-corrected chi connectivity index (χ3v) is 5.74. The van der Waals surface area contributed by atoms with E-state index in [2.05, 4.69) is 0 Å². The fraction of sp³-hybridized carbons (Fsp3) is 0.650. The van der Waals surface area contributed by atoms with Gasteiger partial charge in [-0.15, -0.1) is 0 Å². The fourth-order valence-electron chi connectivity index (χ4n) is 4.22. The number of methoxy groups -OCH3 is 1. The Morgan fingerprint density at radius 2 is 1.93 bits per heavy atom. The van der Waals surface area contributed by atoms with Crippen LogP contribution in [0.4, 0.5) is 13.2 Å². The van der Waals surface area contributed by atoms with Crippen LogP contribution < -0.4 is 4.74 Å². The molecule has 1 heterocycles. The van der Waals surface area contributed by atoms with E-state index in [0.29, 0.717) is 38.3 Å². The quantitative estimate of drug-likeness (QED) is 0.861. The van der Waals surface area contributed by atoms with Crippen molar-refractivity contribution in [3.05, 3.63) is 29.3 Å². The molecular weight excluding hydrogens is 359 g/mol. The molecule has 0 bridgehead atoms. The Labute approximate surface area is 157 Å². The first-order valence-electron chi connectivity index (χ1n) is 9.34. The molecule has 27 heavy (non-hydrogen) atoms. The summed E-state index contributed by atoms with van der Waals surface area (Å²) in [6.45, 7) is 3.08. The number of piperidine rings is 1. The largest absolute Gasteiger partial charge is 0.496 e. The number of alkyl halides is 3. The number of hydrogen-bond acceptors (Lipinski definition) is 3. The topological polar surface area (TPSA) is 49.8 Å². The summed E-state index contributed by atoms with van der Waals surface area (Å²) in [6, 6.07) is 4.06. The molecule has 0 radical (unpaired) electrons. The number of rotatable bonds is 4. The number of carbonyl (C=O) groups excluding carboxylic acids is 1. The molecule has 3 rings (SSSR count). The molecule has 2 aliphatic rings. The Kier molecular flexibility index (Phi) is 5.43. The summed E-state index contributed by atoms with van der Waals surface area (Å²) in [5.41, 5.74) is -0.648. The van der Waals surface area contributed by atoms with E-state index in [1.807, 2.05) is 4.90 Å². The van der Waals surface area contributed by atoms with Gasteiger partial charge in [-0.3, -0.25) is 4.79 Å². The second-order valence-electron chi connectivity index (χ2n) is 8.11. The van der Waals surface area contributed by atoms with Crippen LogP contribution in [0.15, 0.2) is 18.2 Å². The van der Waals surface area contributed by atoms with Crippen molar-refractivity contribution in [3.8, 4) is 5.75 Å². The molecule has 1 N–H and O–H groups in total. The SMILES string of the molecule is COc1cc(CC2CCN(C(=O)C3CC(C)(O)C3)CC2)ccc1C(F)(F)F. The van der Waals surface area contributed by atoms with Crippen molar-refractivity contribution in [2.24, 2.45) is 11.8 Å². The zero-order valence-electron chi connectivity index (χ0n) is 15.7. The molecule has 0 atom stereocenters. The zero-order valence-corrected chi connectivity index (χ0v) is 15.7. The minimum absolute atomic E-state index is 0.0734. The second kappa shape index (κ2) is 7.34. The standard InChI is InChI=1S/C20H26F3NO3/c1-19(26)11-15(12-19)18(25)24-7-5-13(6-8-24)9-14-3-4-16(20(21,22)23)17(10-14)27-2/h3-4,10,13,15,26H,5-9,11-12H2,1-2H3. The van der Waals surface area contributed by atoms with E-state index in [1.165, 1.54) is 19.2 Å². The monoisotopic (exact) mass is 385 g/mol. The smallest absolute Gasteiger partial charge is 0.419 e. The minimum atomic E-state index is -4.43. The van der Waals surface area contributed by atoms with Crippen LogP contribution in [0.2, 0.25) is 0 Å². The van der Waals surface area contributed by atoms with E-state index >= 15 is 0 Å². The molecule has 1 saturated heterocycles. The van der Waals surface area contributed by atoms with Crippen LogP contribution in [0.5, 0.6) is 5.75 Å². The first kappa shape index (κ1) is 20.0. The summed E-state index contributed by atoms with van der Waals surface area (Å²) in [5, 5.41) is 9.80. The summed E-state index contributed by atoms with van der Waals surface area (Å²) in [6.07, 6.45) is -1.04. The van der Waals surface area contributed by atoms with Gasteiger partial charge in [0.05, 0.1) is 18.3 Å². The van der Waals surface area contributed by atoms with E-state index in [9.17, 15) is 23.1 Å². The molecule has 0 spiro atoms. The molecule has 0 aromatic heterocycles. The molecule has 2 fully saturated rings. The van der Waals surface area contributed by atoms with Crippen LogP contribution in [0.25, 0.3) is 0 Å². The van der Waals surface area contributed by atoms with Gasteiger partial charge in [-0.05, 0) is 62.6 Å². The van der Waals surface area contributed by atoms with E-state index in [-0.39, 0.29) is 17.6 Å². The lowest BCUT2D eigenvalue weighted by Gasteiger charge is -2.43. The number of aliphatic hydroxyl groups is 1. The number of benzene rings is 1. The highest BCUT2D eigenvalue weighted by molar-refractivity contribution is 5.80. The first-order chi connectivity index (χ1) is 12.6. The van der Waals surface area contributed by atoms with Crippen molar-refractivity contribution >= 4 is 5.91 Å². The summed E-state index contributed by atoms with van der Waals surface area (Å²) in [5.74, 6) is 0.233. The van der Waals surface area contributed by atoms with Gasteiger partial charge in [0, 0.05) is 19.0 Å². The maximum atomic E-state index is 13.0.